The smallest absolute Gasteiger partial charge is 0.149 e. The van der Waals surface area contributed by atoms with Crippen molar-refractivity contribution < 1.29 is 5.11 Å². The van der Waals surface area contributed by atoms with Crippen LogP contribution < -0.4 is 4.90 Å². The van der Waals surface area contributed by atoms with Crippen molar-refractivity contribution in [3.8, 4) is 0 Å². The highest BCUT2D eigenvalue weighted by atomic mass is 32.1. The Hall–Kier alpha value is -1.79. The monoisotopic (exact) mass is 342 g/mol. The fraction of sp³-hybridized carbons (Fsp3) is 0.500. The molecule has 3 aromatic heterocycles. The summed E-state index contributed by atoms with van der Waals surface area (Å²) in [6.07, 6.45) is 5.09. The van der Waals surface area contributed by atoms with Gasteiger partial charge in [-0.3, -0.25) is 0 Å². The summed E-state index contributed by atoms with van der Waals surface area (Å²) < 4.78 is 1.07. The van der Waals surface area contributed by atoms with E-state index >= 15 is 0 Å². The first kappa shape index (κ1) is 15.7. The number of aryl methyl sites for hydroxylation is 1. The maximum absolute atomic E-state index is 9.24. The minimum Gasteiger partial charge on any atom is -0.395 e. The van der Waals surface area contributed by atoms with Gasteiger partial charge in [0, 0.05) is 24.7 Å². The van der Waals surface area contributed by atoms with Crippen molar-refractivity contribution in [2.45, 2.75) is 39.0 Å². The lowest BCUT2D eigenvalue weighted by molar-refractivity contribution is 0.304. The first-order valence-corrected chi connectivity index (χ1v) is 9.34. The van der Waals surface area contributed by atoms with Gasteiger partial charge in [-0.1, -0.05) is 13.8 Å². The summed E-state index contributed by atoms with van der Waals surface area (Å²) in [7, 11) is 1.96. The molecule has 0 fully saturated rings. The number of hydrogen-bond donors (Lipinski definition) is 1. The zero-order valence-electron chi connectivity index (χ0n) is 14.3. The number of fused-ring (bicyclic) bond motifs is 5. The third-order valence-electron chi connectivity index (χ3n) is 4.83. The fourth-order valence-electron chi connectivity index (χ4n) is 3.72. The minimum atomic E-state index is 0.109. The van der Waals surface area contributed by atoms with E-state index in [0.717, 1.165) is 33.7 Å². The van der Waals surface area contributed by atoms with Crippen LogP contribution in [0.4, 0.5) is 5.82 Å². The van der Waals surface area contributed by atoms with Crippen LogP contribution in [0, 0.1) is 0 Å². The van der Waals surface area contributed by atoms with Crippen molar-refractivity contribution in [3.63, 3.8) is 0 Å². The largest absolute Gasteiger partial charge is 0.395 e. The number of nitrogens with zero attached hydrogens (tertiary/aromatic N) is 4. The van der Waals surface area contributed by atoms with Crippen LogP contribution in [0.3, 0.4) is 0 Å². The van der Waals surface area contributed by atoms with Gasteiger partial charge < -0.3 is 10.0 Å². The summed E-state index contributed by atoms with van der Waals surface area (Å²) in [6.45, 7) is 5.11. The third-order valence-corrected chi connectivity index (χ3v) is 5.90. The van der Waals surface area contributed by atoms with Gasteiger partial charge in [-0.2, -0.15) is 0 Å². The van der Waals surface area contributed by atoms with Crippen molar-refractivity contribution in [1.29, 1.82) is 0 Å². The molecule has 0 spiro atoms. The molecule has 6 heteroatoms. The van der Waals surface area contributed by atoms with Crippen LogP contribution in [0.2, 0.25) is 0 Å². The second-order valence-corrected chi connectivity index (χ2v) is 7.76. The molecule has 0 aromatic carbocycles. The van der Waals surface area contributed by atoms with Crippen LogP contribution >= 0.6 is 11.3 Å². The quantitative estimate of drug-likeness (QED) is 0.788. The van der Waals surface area contributed by atoms with Crippen molar-refractivity contribution >= 4 is 37.6 Å². The van der Waals surface area contributed by atoms with Gasteiger partial charge in [0.15, 0.2) is 0 Å². The van der Waals surface area contributed by atoms with Crippen molar-refractivity contribution in [2.24, 2.45) is 0 Å². The standard InChI is InChI=1S/C18H22N4OS/c1-10(2)14-12-6-4-5-11(12)13-15-16(24-18(13)21-14)17(20-9-19-15)22(3)7-8-23/h9-10,23H,4-8H2,1-3H3. The lowest BCUT2D eigenvalue weighted by Gasteiger charge is -2.16. The predicted octanol–water partition coefficient (Wildman–Crippen LogP) is 3.28. The molecule has 4 rings (SSSR count). The number of aromatic nitrogens is 3. The summed E-state index contributed by atoms with van der Waals surface area (Å²) in [5, 5.41) is 10.5. The molecule has 0 atom stereocenters. The first-order chi connectivity index (χ1) is 11.6. The van der Waals surface area contributed by atoms with Crippen molar-refractivity contribution in [3.05, 3.63) is 23.1 Å². The van der Waals surface area contributed by atoms with E-state index in [-0.39, 0.29) is 6.61 Å². The van der Waals surface area contributed by atoms with E-state index in [0.29, 0.717) is 12.5 Å². The van der Waals surface area contributed by atoms with E-state index in [1.807, 2.05) is 11.9 Å². The van der Waals surface area contributed by atoms with E-state index in [2.05, 4.69) is 23.8 Å². The summed E-state index contributed by atoms with van der Waals surface area (Å²) in [5.41, 5.74) is 5.16. The molecule has 126 valence electrons. The maximum atomic E-state index is 9.24. The minimum absolute atomic E-state index is 0.109. The second-order valence-electron chi connectivity index (χ2n) is 6.76. The average molecular weight is 342 g/mol. The Bertz CT molecular complexity index is 918. The third kappa shape index (κ3) is 2.28. The highest BCUT2D eigenvalue weighted by Crippen LogP contribution is 2.42. The Morgan fingerprint density at radius 2 is 2.04 bits per heavy atom. The number of pyridine rings is 1. The molecule has 0 saturated carbocycles. The Kier molecular flexibility index (Phi) is 3.89. The molecule has 5 nitrogen and oxygen atoms in total. The molecule has 0 radical (unpaired) electrons. The van der Waals surface area contributed by atoms with Gasteiger partial charge in [0.1, 0.15) is 17.0 Å². The fourth-order valence-corrected chi connectivity index (χ4v) is 4.93. The molecule has 0 bridgehead atoms. The SMILES string of the molecule is CC(C)c1nc2sc3c(N(C)CCO)ncnc3c2c2c1CCC2. The van der Waals surface area contributed by atoms with E-state index in [1.165, 1.54) is 28.6 Å². The molecular formula is C18H22N4OS. The molecule has 24 heavy (non-hydrogen) atoms. The van der Waals surface area contributed by atoms with Gasteiger partial charge >= 0.3 is 0 Å². The predicted molar refractivity (Wildman–Crippen MR) is 99.2 cm³/mol. The molecule has 0 saturated heterocycles. The molecule has 3 heterocycles. The Balaban J connectivity index is 2.04. The summed E-state index contributed by atoms with van der Waals surface area (Å²) >= 11 is 1.68. The topological polar surface area (TPSA) is 62.1 Å². The number of aliphatic hydroxyl groups excluding tert-OH is 1. The van der Waals surface area contributed by atoms with E-state index in [4.69, 9.17) is 4.98 Å². The molecule has 0 aliphatic heterocycles. The summed E-state index contributed by atoms with van der Waals surface area (Å²) in [6, 6.07) is 0. The number of aliphatic hydroxyl groups is 1. The van der Waals surface area contributed by atoms with Crippen molar-refractivity contribution in [2.75, 3.05) is 25.1 Å². The Morgan fingerprint density at radius 1 is 1.25 bits per heavy atom. The average Bonchev–Trinajstić information content (AvgIpc) is 3.17. The second kappa shape index (κ2) is 5.93. The molecule has 1 aliphatic rings. The molecule has 0 amide bonds. The molecule has 0 unspecified atom stereocenters. The number of likely N-dealkylation sites (N-methyl/N-ethyl adjacent to an activating group) is 1. The highest BCUT2D eigenvalue weighted by molar-refractivity contribution is 7.26. The Labute approximate surface area is 145 Å². The summed E-state index contributed by atoms with van der Waals surface area (Å²) in [4.78, 5) is 17.1. The van der Waals surface area contributed by atoms with Gasteiger partial charge in [0.05, 0.1) is 16.8 Å². The van der Waals surface area contributed by atoms with E-state index in [1.54, 1.807) is 17.7 Å². The molecular weight excluding hydrogens is 320 g/mol. The van der Waals surface area contributed by atoms with Gasteiger partial charge in [0.2, 0.25) is 0 Å². The van der Waals surface area contributed by atoms with Crippen molar-refractivity contribution in [1.82, 2.24) is 15.0 Å². The van der Waals surface area contributed by atoms with Gasteiger partial charge in [-0.05, 0) is 36.3 Å². The van der Waals surface area contributed by atoms with Crippen LogP contribution in [0.1, 0.15) is 43.0 Å². The first-order valence-electron chi connectivity index (χ1n) is 8.52. The zero-order valence-corrected chi connectivity index (χ0v) is 15.2. The highest BCUT2D eigenvalue weighted by Gasteiger charge is 2.25. The van der Waals surface area contributed by atoms with Crippen LogP contribution in [-0.2, 0) is 12.8 Å². The number of hydrogen-bond acceptors (Lipinski definition) is 6. The van der Waals surface area contributed by atoms with Gasteiger partial charge in [-0.15, -0.1) is 11.3 Å². The number of rotatable bonds is 4. The maximum Gasteiger partial charge on any atom is 0.149 e. The van der Waals surface area contributed by atoms with Crippen LogP contribution in [-0.4, -0.2) is 40.3 Å². The zero-order chi connectivity index (χ0) is 16.8. The number of thiophene rings is 1. The Morgan fingerprint density at radius 3 is 2.79 bits per heavy atom. The lowest BCUT2D eigenvalue weighted by atomic mass is 9.99. The summed E-state index contributed by atoms with van der Waals surface area (Å²) in [5.74, 6) is 1.32. The molecule has 3 aromatic rings. The molecule has 1 aliphatic carbocycles. The lowest BCUT2D eigenvalue weighted by Crippen LogP contribution is -2.22. The number of anilines is 1. The van der Waals surface area contributed by atoms with E-state index in [9.17, 15) is 5.11 Å². The van der Waals surface area contributed by atoms with E-state index < -0.39 is 0 Å². The van der Waals surface area contributed by atoms with Gasteiger partial charge in [0.25, 0.3) is 0 Å². The van der Waals surface area contributed by atoms with Crippen LogP contribution in [0.15, 0.2) is 6.33 Å². The normalized spacial score (nSPS) is 14.0. The molecule has 1 N–H and O–H groups in total. The van der Waals surface area contributed by atoms with Crippen LogP contribution in [0.25, 0.3) is 20.4 Å². The van der Waals surface area contributed by atoms with Crippen LogP contribution in [0.5, 0.6) is 0 Å². The van der Waals surface area contributed by atoms with Gasteiger partial charge in [-0.25, -0.2) is 15.0 Å².